The molecule has 1 saturated carbocycles. The Hall–Kier alpha value is -3.05. The highest BCUT2D eigenvalue weighted by atomic mass is 31.2. The van der Waals surface area contributed by atoms with Gasteiger partial charge in [-0.15, -0.1) is 0 Å². The summed E-state index contributed by atoms with van der Waals surface area (Å²) in [6.45, 7) is 2.62. The summed E-state index contributed by atoms with van der Waals surface area (Å²) in [7, 11) is -2.08. The SMILES string of the molecule is CCOC(=O)C1(NP(=O)(COCCn2cnc3c(OC)nc(N)nc32)OCc2ccccc2)CC1. The van der Waals surface area contributed by atoms with Crippen LogP contribution in [-0.4, -0.2) is 57.7 Å². The summed E-state index contributed by atoms with van der Waals surface area (Å²) in [5.41, 5.74) is 6.58. The molecule has 0 spiro atoms. The van der Waals surface area contributed by atoms with E-state index in [-0.39, 0.29) is 38.0 Å². The molecule has 1 aromatic carbocycles. The van der Waals surface area contributed by atoms with Crippen molar-refractivity contribution < 1.29 is 28.1 Å². The maximum Gasteiger partial charge on any atom is 0.326 e. The molecule has 0 saturated heterocycles. The molecular formula is C22H29N6O6P. The minimum Gasteiger partial charge on any atom is -0.479 e. The van der Waals surface area contributed by atoms with Crippen molar-refractivity contribution in [2.75, 3.05) is 32.4 Å². The molecule has 0 bridgehead atoms. The van der Waals surface area contributed by atoms with Crippen LogP contribution >= 0.6 is 7.52 Å². The number of nitrogens with zero attached hydrogens (tertiary/aromatic N) is 4. The monoisotopic (exact) mass is 504 g/mol. The minimum atomic E-state index is -3.56. The average molecular weight is 504 g/mol. The van der Waals surface area contributed by atoms with E-state index in [2.05, 4.69) is 20.0 Å². The van der Waals surface area contributed by atoms with Crippen LogP contribution < -0.4 is 15.6 Å². The summed E-state index contributed by atoms with van der Waals surface area (Å²) in [5, 5.41) is 2.94. The number of hydrogen-bond acceptors (Lipinski definition) is 10. The van der Waals surface area contributed by atoms with Gasteiger partial charge in [-0.1, -0.05) is 30.3 Å². The van der Waals surface area contributed by atoms with Crippen LogP contribution in [0.1, 0.15) is 25.3 Å². The molecule has 0 radical (unpaired) electrons. The molecule has 1 aliphatic carbocycles. The summed E-state index contributed by atoms with van der Waals surface area (Å²) < 4.78 is 37.4. The van der Waals surface area contributed by atoms with E-state index in [9.17, 15) is 9.36 Å². The number of nitrogen functional groups attached to an aromatic ring is 1. The van der Waals surface area contributed by atoms with Gasteiger partial charge in [0.2, 0.25) is 11.8 Å². The van der Waals surface area contributed by atoms with E-state index in [0.717, 1.165) is 5.56 Å². The van der Waals surface area contributed by atoms with Gasteiger partial charge in [0, 0.05) is 6.54 Å². The number of aromatic nitrogens is 4. The van der Waals surface area contributed by atoms with Gasteiger partial charge < -0.3 is 29.0 Å². The van der Waals surface area contributed by atoms with E-state index in [1.54, 1.807) is 17.8 Å². The highest BCUT2D eigenvalue weighted by molar-refractivity contribution is 7.56. The number of carbonyl (C=O) groups excluding carboxylic acids is 1. The van der Waals surface area contributed by atoms with Gasteiger partial charge in [-0.2, -0.15) is 9.97 Å². The summed E-state index contributed by atoms with van der Waals surface area (Å²) >= 11 is 0. The Balaban J connectivity index is 1.41. The van der Waals surface area contributed by atoms with Crippen LogP contribution in [0.25, 0.3) is 11.2 Å². The first-order valence-corrected chi connectivity index (χ1v) is 13.0. The lowest BCUT2D eigenvalue weighted by atomic mass is 10.2. The molecule has 1 aliphatic rings. The van der Waals surface area contributed by atoms with Crippen molar-refractivity contribution in [3.63, 3.8) is 0 Å². The molecule has 0 aliphatic heterocycles. The molecule has 1 fully saturated rings. The lowest BCUT2D eigenvalue weighted by Gasteiger charge is -2.24. The Bertz CT molecular complexity index is 1220. The van der Waals surface area contributed by atoms with E-state index in [4.69, 9.17) is 24.5 Å². The predicted octanol–water partition coefficient (Wildman–Crippen LogP) is 2.49. The minimum absolute atomic E-state index is 0.0636. The molecular weight excluding hydrogens is 475 g/mol. The number of imidazole rings is 1. The van der Waals surface area contributed by atoms with Gasteiger partial charge in [-0.05, 0) is 25.3 Å². The highest BCUT2D eigenvalue weighted by Crippen LogP contribution is 2.51. The van der Waals surface area contributed by atoms with Crippen molar-refractivity contribution in [2.45, 2.75) is 38.5 Å². The number of anilines is 1. The third-order valence-corrected chi connectivity index (χ3v) is 7.30. The number of esters is 1. The predicted molar refractivity (Wildman–Crippen MR) is 128 cm³/mol. The number of rotatable bonds is 13. The van der Waals surface area contributed by atoms with Crippen molar-refractivity contribution >= 4 is 30.6 Å². The van der Waals surface area contributed by atoms with Gasteiger partial charge in [0.1, 0.15) is 11.9 Å². The Morgan fingerprint density at radius 3 is 2.71 bits per heavy atom. The van der Waals surface area contributed by atoms with Crippen LogP contribution in [0.15, 0.2) is 36.7 Å². The maximum atomic E-state index is 13.7. The third kappa shape index (κ3) is 5.96. The van der Waals surface area contributed by atoms with Crippen LogP contribution in [-0.2, 0) is 36.5 Å². The number of benzene rings is 1. The van der Waals surface area contributed by atoms with E-state index in [1.807, 2.05) is 30.3 Å². The number of nitrogens with two attached hydrogens (primary N) is 1. The van der Waals surface area contributed by atoms with Crippen molar-refractivity contribution in [3.05, 3.63) is 42.2 Å². The standard InChI is InChI=1S/C22H29N6O6P/c1-3-33-20(29)22(9-10-22)27-35(30,34-13-16-7-5-4-6-8-16)15-32-12-11-28-14-24-17-18(28)25-21(23)26-19(17)31-2/h4-8,14H,3,9-13,15H2,1-2H3,(H,27,30)(H2,23,25,26). The zero-order chi connectivity index (χ0) is 24.9. The molecule has 3 N–H and O–H groups in total. The molecule has 35 heavy (non-hydrogen) atoms. The molecule has 13 heteroatoms. The smallest absolute Gasteiger partial charge is 0.326 e. The van der Waals surface area contributed by atoms with Crippen LogP contribution in [0.5, 0.6) is 5.88 Å². The van der Waals surface area contributed by atoms with Crippen LogP contribution in [0, 0.1) is 0 Å². The number of fused-ring (bicyclic) bond motifs is 1. The summed E-state index contributed by atoms with van der Waals surface area (Å²) in [4.78, 5) is 24.9. The Labute approximate surface area is 202 Å². The number of carbonyl (C=O) groups is 1. The van der Waals surface area contributed by atoms with Gasteiger partial charge in [-0.25, -0.2) is 10.1 Å². The molecule has 3 aromatic rings. The number of nitrogens with one attached hydrogen (secondary N) is 1. The lowest BCUT2D eigenvalue weighted by molar-refractivity contribution is -0.146. The highest BCUT2D eigenvalue weighted by Gasteiger charge is 2.55. The molecule has 2 heterocycles. The number of ether oxygens (including phenoxy) is 3. The van der Waals surface area contributed by atoms with Gasteiger partial charge in [0.05, 0.1) is 33.3 Å². The first-order valence-electron chi connectivity index (χ1n) is 11.2. The Morgan fingerprint density at radius 1 is 1.26 bits per heavy atom. The fourth-order valence-electron chi connectivity index (χ4n) is 3.52. The van der Waals surface area contributed by atoms with Crippen molar-refractivity contribution in [1.82, 2.24) is 24.6 Å². The van der Waals surface area contributed by atoms with Crippen LogP contribution in [0.2, 0.25) is 0 Å². The van der Waals surface area contributed by atoms with E-state index < -0.39 is 19.0 Å². The fraction of sp³-hybridized carbons (Fsp3) is 0.455. The van der Waals surface area contributed by atoms with Gasteiger partial charge in [-0.3, -0.25) is 9.36 Å². The van der Waals surface area contributed by atoms with E-state index in [0.29, 0.717) is 30.6 Å². The van der Waals surface area contributed by atoms with Crippen LogP contribution in [0.3, 0.4) is 0 Å². The number of hydrogen-bond donors (Lipinski definition) is 2. The lowest BCUT2D eigenvalue weighted by Crippen LogP contribution is -2.39. The first kappa shape index (κ1) is 25.1. The van der Waals surface area contributed by atoms with Gasteiger partial charge >= 0.3 is 5.97 Å². The van der Waals surface area contributed by atoms with E-state index in [1.165, 1.54) is 7.11 Å². The van der Waals surface area contributed by atoms with Gasteiger partial charge in [0.25, 0.3) is 7.52 Å². The van der Waals surface area contributed by atoms with Gasteiger partial charge in [0.15, 0.2) is 11.2 Å². The topological polar surface area (TPSA) is 153 Å². The molecule has 12 nitrogen and oxygen atoms in total. The van der Waals surface area contributed by atoms with E-state index >= 15 is 0 Å². The first-order chi connectivity index (χ1) is 16.9. The third-order valence-electron chi connectivity index (χ3n) is 5.46. The normalized spacial score (nSPS) is 16.1. The van der Waals surface area contributed by atoms with Crippen molar-refractivity contribution in [2.24, 2.45) is 0 Å². The molecule has 1 atom stereocenters. The number of methoxy groups -OCH3 is 1. The maximum absolute atomic E-state index is 13.7. The zero-order valence-corrected chi connectivity index (χ0v) is 20.6. The summed E-state index contributed by atoms with van der Waals surface area (Å²) in [6, 6.07) is 9.37. The second-order valence-corrected chi connectivity index (χ2v) is 10.2. The second kappa shape index (κ2) is 10.7. The quantitative estimate of drug-likeness (QED) is 0.200. The van der Waals surface area contributed by atoms with Crippen molar-refractivity contribution in [3.8, 4) is 5.88 Å². The second-order valence-electron chi connectivity index (χ2n) is 8.09. The summed E-state index contributed by atoms with van der Waals surface area (Å²) in [6.07, 6.45) is 2.39. The molecule has 188 valence electrons. The average Bonchev–Trinajstić information content (AvgIpc) is 3.52. The molecule has 2 aromatic heterocycles. The summed E-state index contributed by atoms with van der Waals surface area (Å²) in [5.74, 6) is -0.0859. The fourth-order valence-corrected chi connectivity index (χ4v) is 5.42. The Kier molecular flexibility index (Phi) is 7.66. The molecule has 4 rings (SSSR count). The zero-order valence-electron chi connectivity index (χ0n) is 19.7. The Morgan fingerprint density at radius 2 is 2.03 bits per heavy atom. The molecule has 1 unspecified atom stereocenters. The molecule has 0 amide bonds. The largest absolute Gasteiger partial charge is 0.479 e. The van der Waals surface area contributed by atoms with Crippen molar-refractivity contribution in [1.29, 1.82) is 0 Å². The van der Waals surface area contributed by atoms with Crippen LogP contribution in [0.4, 0.5) is 5.95 Å².